The number of hydrogen-bond acceptors (Lipinski definition) is 10. The molecule has 0 unspecified atom stereocenters. The quantitative estimate of drug-likeness (QED) is 0.137. The van der Waals surface area contributed by atoms with Crippen LogP contribution in [0.15, 0.2) is 112 Å². The van der Waals surface area contributed by atoms with Gasteiger partial charge in [0.2, 0.25) is 5.91 Å². The number of nitrogens with zero attached hydrogens (tertiary/aromatic N) is 3. The molecule has 0 radical (unpaired) electrons. The number of β-lactam (4-membered cyclic amide) rings is 1. The summed E-state index contributed by atoms with van der Waals surface area (Å²) in [7, 11) is 1.58. The minimum absolute atomic E-state index is 0.0113. The number of benzene rings is 2. The molecule has 2 aliphatic heterocycles. The van der Waals surface area contributed by atoms with Crippen molar-refractivity contribution in [3.63, 3.8) is 0 Å². The molecule has 1 N–H and O–H groups in total. The van der Waals surface area contributed by atoms with Gasteiger partial charge in [0.15, 0.2) is 5.76 Å². The van der Waals surface area contributed by atoms with Crippen molar-refractivity contribution in [2.75, 3.05) is 18.6 Å². The molecular formula is C33H28N4O6S2. The number of esters is 1. The van der Waals surface area contributed by atoms with Crippen molar-refractivity contribution in [2.24, 2.45) is 0 Å². The van der Waals surface area contributed by atoms with Crippen LogP contribution in [0.25, 0.3) is 17.3 Å². The summed E-state index contributed by atoms with van der Waals surface area (Å²) >= 11 is 2.86. The van der Waals surface area contributed by atoms with Crippen molar-refractivity contribution >= 4 is 47.4 Å². The van der Waals surface area contributed by atoms with Gasteiger partial charge in [-0.05, 0) is 53.6 Å². The molecule has 2 atom stereocenters. The van der Waals surface area contributed by atoms with Gasteiger partial charge in [0.25, 0.3) is 5.91 Å². The maximum absolute atomic E-state index is 13.6. The fourth-order valence-electron chi connectivity index (χ4n) is 4.79. The Morgan fingerprint density at radius 1 is 1.09 bits per heavy atom. The number of methoxy groups -OCH3 is 1. The summed E-state index contributed by atoms with van der Waals surface area (Å²) in [5.74, 6) is 0.488. The largest absolute Gasteiger partial charge is 0.497 e. The SMILES string of the molecule is COc1ccc(COC(=O)C2=C(/C=C/c3cc(-c4ccncc4)no3)CS[C@@H]3[C@H](NC(=O)CSc4ccccc4)C(=O)N23)cc1. The Hall–Kier alpha value is -4.81. The summed E-state index contributed by atoms with van der Waals surface area (Å²) in [6.45, 7) is 0.0113. The van der Waals surface area contributed by atoms with Gasteiger partial charge in [-0.15, -0.1) is 23.5 Å². The molecule has 1 saturated heterocycles. The van der Waals surface area contributed by atoms with Gasteiger partial charge < -0.3 is 19.3 Å². The molecule has 0 saturated carbocycles. The first kappa shape index (κ1) is 30.2. The molecule has 2 aromatic heterocycles. The zero-order valence-electron chi connectivity index (χ0n) is 24.1. The first-order valence-electron chi connectivity index (χ1n) is 14.0. The number of ether oxygens (including phenoxy) is 2. The van der Waals surface area contributed by atoms with Crippen molar-refractivity contribution in [3.8, 4) is 17.0 Å². The third-order valence-corrected chi connectivity index (χ3v) is 9.42. The van der Waals surface area contributed by atoms with Crippen LogP contribution in [0, 0.1) is 0 Å². The molecule has 4 heterocycles. The van der Waals surface area contributed by atoms with E-state index in [4.69, 9.17) is 14.0 Å². The van der Waals surface area contributed by atoms with Crippen molar-refractivity contribution in [1.82, 2.24) is 20.4 Å². The van der Waals surface area contributed by atoms with Crippen LogP contribution < -0.4 is 10.1 Å². The van der Waals surface area contributed by atoms with E-state index in [0.717, 1.165) is 16.0 Å². The van der Waals surface area contributed by atoms with Gasteiger partial charge in [-0.2, -0.15) is 0 Å². The van der Waals surface area contributed by atoms with E-state index in [1.54, 1.807) is 62.0 Å². The highest BCUT2D eigenvalue weighted by Gasteiger charge is 2.54. The number of aromatic nitrogens is 2. The number of rotatable bonds is 11. The van der Waals surface area contributed by atoms with Crippen molar-refractivity contribution < 1.29 is 28.4 Å². The molecule has 0 bridgehead atoms. The number of carbonyl (C=O) groups excluding carboxylic acids is 3. The number of nitrogens with one attached hydrogen (secondary N) is 1. The van der Waals surface area contributed by atoms with Crippen molar-refractivity contribution in [3.05, 3.63) is 114 Å². The zero-order chi connectivity index (χ0) is 31.2. The molecule has 0 spiro atoms. The van der Waals surface area contributed by atoms with Crippen LogP contribution in [0.2, 0.25) is 0 Å². The number of thioether (sulfide) groups is 2. The molecule has 0 aliphatic carbocycles. The smallest absolute Gasteiger partial charge is 0.355 e. The lowest BCUT2D eigenvalue weighted by Crippen LogP contribution is -2.70. The van der Waals surface area contributed by atoms with E-state index in [9.17, 15) is 14.4 Å². The number of fused-ring (bicyclic) bond motifs is 1. The molecule has 6 rings (SSSR count). The number of hydrogen-bond donors (Lipinski definition) is 1. The van der Waals surface area contributed by atoms with Crippen LogP contribution in [0.4, 0.5) is 0 Å². The summed E-state index contributed by atoms with van der Waals surface area (Å²) in [5.41, 5.74) is 3.00. The van der Waals surface area contributed by atoms with Gasteiger partial charge >= 0.3 is 5.97 Å². The van der Waals surface area contributed by atoms with Gasteiger partial charge in [-0.1, -0.05) is 41.6 Å². The second-order valence-electron chi connectivity index (χ2n) is 10.0. The summed E-state index contributed by atoms with van der Waals surface area (Å²) in [4.78, 5) is 46.1. The summed E-state index contributed by atoms with van der Waals surface area (Å²) in [6.07, 6.45) is 6.78. The Bertz CT molecular complexity index is 1740. The second kappa shape index (κ2) is 13.9. The van der Waals surface area contributed by atoms with Gasteiger partial charge in [0, 0.05) is 34.7 Å². The van der Waals surface area contributed by atoms with Crippen molar-refractivity contribution in [2.45, 2.75) is 22.9 Å². The highest BCUT2D eigenvalue weighted by atomic mass is 32.2. The Kier molecular flexibility index (Phi) is 9.32. The second-order valence-corrected chi connectivity index (χ2v) is 12.2. The van der Waals surface area contributed by atoms with Gasteiger partial charge in [0.05, 0.1) is 12.9 Å². The number of carbonyl (C=O) groups is 3. The topological polar surface area (TPSA) is 124 Å². The predicted octanol–water partition coefficient (Wildman–Crippen LogP) is 4.95. The first-order valence-corrected chi connectivity index (χ1v) is 16.0. The fourth-order valence-corrected chi connectivity index (χ4v) is 6.84. The van der Waals surface area contributed by atoms with E-state index in [1.807, 2.05) is 42.5 Å². The molecule has 2 amide bonds. The highest BCUT2D eigenvalue weighted by Crippen LogP contribution is 2.41. The third kappa shape index (κ3) is 6.97. The minimum atomic E-state index is -0.744. The summed E-state index contributed by atoms with van der Waals surface area (Å²) in [6, 6.07) is 21.4. The van der Waals surface area contributed by atoms with Crippen molar-refractivity contribution in [1.29, 1.82) is 0 Å². The van der Waals surface area contributed by atoms with Crippen LogP contribution in [-0.2, 0) is 25.7 Å². The molecule has 2 aromatic carbocycles. The zero-order valence-corrected chi connectivity index (χ0v) is 25.8. The molecule has 12 heteroatoms. The summed E-state index contributed by atoms with van der Waals surface area (Å²) in [5, 5.41) is 6.53. The van der Waals surface area contributed by atoms with E-state index >= 15 is 0 Å². The Morgan fingerprint density at radius 2 is 1.87 bits per heavy atom. The average Bonchev–Trinajstić information content (AvgIpc) is 3.57. The molecule has 45 heavy (non-hydrogen) atoms. The number of allylic oxidation sites excluding steroid dienone is 1. The lowest BCUT2D eigenvalue weighted by Gasteiger charge is -2.49. The Morgan fingerprint density at radius 3 is 2.62 bits per heavy atom. The van der Waals surface area contributed by atoms with E-state index in [0.29, 0.717) is 28.5 Å². The van der Waals surface area contributed by atoms with Crippen LogP contribution in [-0.4, -0.2) is 62.9 Å². The molecule has 228 valence electrons. The average molecular weight is 641 g/mol. The van der Waals surface area contributed by atoms with Crippen LogP contribution in [0.3, 0.4) is 0 Å². The van der Waals surface area contributed by atoms with Crippen LogP contribution in [0.5, 0.6) is 5.75 Å². The van der Waals surface area contributed by atoms with E-state index in [-0.39, 0.29) is 29.9 Å². The number of pyridine rings is 1. The Labute approximate surface area is 267 Å². The monoisotopic (exact) mass is 640 g/mol. The first-order chi connectivity index (χ1) is 22.0. The van der Waals surface area contributed by atoms with Gasteiger partial charge in [-0.3, -0.25) is 19.5 Å². The van der Waals surface area contributed by atoms with Crippen LogP contribution >= 0.6 is 23.5 Å². The predicted molar refractivity (Wildman–Crippen MR) is 171 cm³/mol. The van der Waals surface area contributed by atoms with E-state index in [1.165, 1.54) is 28.4 Å². The Balaban J connectivity index is 1.19. The standard InChI is InChI=1S/C33H28N4O6S2/c1-41-24-10-7-21(8-11-24)18-42-33(40)30-23(9-12-25-17-27(36-43-25)22-13-15-34-16-14-22)19-45-32-29(31(39)37(30)32)35-28(38)20-44-26-5-3-2-4-6-26/h2-17,29,32H,18-20H2,1H3,(H,35,38)/b12-9+/t29-,32-/m1/s1. The maximum Gasteiger partial charge on any atom is 0.355 e. The van der Waals surface area contributed by atoms with Crippen LogP contribution in [0.1, 0.15) is 11.3 Å². The maximum atomic E-state index is 13.6. The third-order valence-electron chi connectivity index (χ3n) is 7.10. The lowest BCUT2D eigenvalue weighted by atomic mass is 10.0. The molecule has 2 aliphatic rings. The summed E-state index contributed by atoms with van der Waals surface area (Å²) < 4.78 is 16.4. The lowest BCUT2D eigenvalue weighted by molar-refractivity contribution is -0.153. The normalized spacial score (nSPS) is 17.5. The molecule has 4 aromatic rings. The number of amides is 2. The van der Waals surface area contributed by atoms with E-state index in [2.05, 4.69) is 15.5 Å². The highest BCUT2D eigenvalue weighted by molar-refractivity contribution is 8.00. The minimum Gasteiger partial charge on any atom is -0.497 e. The van der Waals surface area contributed by atoms with Gasteiger partial charge in [0.1, 0.15) is 35.2 Å². The van der Waals surface area contributed by atoms with E-state index < -0.39 is 17.4 Å². The van der Waals surface area contributed by atoms with Gasteiger partial charge in [-0.25, -0.2) is 4.79 Å². The fraction of sp³-hybridized carbons (Fsp3) is 0.182. The molecule has 1 fully saturated rings. The molecular weight excluding hydrogens is 613 g/mol. The molecule has 10 nitrogen and oxygen atoms in total.